The third-order valence-electron chi connectivity index (χ3n) is 3.37. The van der Waals surface area contributed by atoms with Gasteiger partial charge in [-0.2, -0.15) is 0 Å². The summed E-state index contributed by atoms with van der Waals surface area (Å²) in [6.07, 6.45) is 6.06. The lowest BCUT2D eigenvalue weighted by atomic mass is 9.96. The van der Waals surface area contributed by atoms with E-state index >= 15 is 0 Å². The Balaban J connectivity index is 1.89. The van der Waals surface area contributed by atoms with Gasteiger partial charge in [-0.05, 0) is 42.8 Å². The second-order valence-electron chi connectivity index (χ2n) is 6.56. The molecule has 0 atom stereocenters. The van der Waals surface area contributed by atoms with Gasteiger partial charge >= 0.3 is 0 Å². The minimum absolute atomic E-state index is 0.0832. The van der Waals surface area contributed by atoms with Gasteiger partial charge in [-0.25, -0.2) is 0 Å². The molecule has 1 aromatic rings. The predicted octanol–water partition coefficient (Wildman–Crippen LogP) is 5.71. The lowest BCUT2D eigenvalue weighted by Gasteiger charge is -2.22. The first-order chi connectivity index (χ1) is 9.92. The third kappa shape index (κ3) is 6.35. The van der Waals surface area contributed by atoms with E-state index in [0.717, 1.165) is 17.7 Å². The maximum Gasteiger partial charge on any atom is 0.284 e. The van der Waals surface area contributed by atoms with Crippen LogP contribution in [0.5, 0.6) is 0 Å². The Kier molecular flexibility index (Phi) is 6.06. The largest absolute Gasteiger partial charge is 0.344 e. The fourth-order valence-corrected chi connectivity index (χ4v) is 4.39. The van der Waals surface area contributed by atoms with Crippen molar-refractivity contribution in [2.75, 3.05) is 0 Å². The topological polar surface area (TPSA) is 29.1 Å². The maximum absolute atomic E-state index is 12.1. The van der Waals surface area contributed by atoms with E-state index in [-0.39, 0.29) is 9.99 Å². The van der Waals surface area contributed by atoms with Crippen LogP contribution in [0, 0.1) is 0 Å². The summed E-state index contributed by atoms with van der Waals surface area (Å²) in [4.78, 5) is 14.4. The summed E-state index contributed by atoms with van der Waals surface area (Å²) in [7, 11) is 0. The molecule has 1 aromatic carbocycles. The zero-order valence-corrected chi connectivity index (χ0v) is 14.8. The lowest BCUT2D eigenvalue weighted by molar-refractivity contribution is 0.253. The molecular formula is C17H25NOS2. The second-order valence-corrected chi connectivity index (χ2v) is 9.50. The predicted molar refractivity (Wildman–Crippen MR) is 93.3 cm³/mol. The first-order valence-electron chi connectivity index (χ1n) is 7.70. The molecule has 0 saturated heterocycles. The van der Waals surface area contributed by atoms with Gasteiger partial charge in [0.2, 0.25) is 0 Å². The molecule has 4 heteroatoms. The van der Waals surface area contributed by atoms with Crippen LogP contribution in [0.2, 0.25) is 0 Å². The van der Waals surface area contributed by atoms with Crippen LogP contribution in [-0.2, 0) is 0 Å². The van der Waals surface area contributed by atoms with E-state index in [9.17, 15) is 4.79 Å². The molecule has 2 rings (SSSR count). The quantitative estimate of drug-likeness (QED) is 0.722. The van der Waals surface area contributed by atoms with Crippen molar-refractivity contribution >= 4 is 28.8 Å². The maximum atomic E-state index is 12.1. The van der Waals surface area contributed by atoms with E-state index in [4.69, 9.17) is 0 Å². The van der Waals surface area contributed by atoms with Gasteiger partial charge in [0.05, 0.1) is 0 Å². The minimum atomic E-state index is 0.0832. The van der Waals surface area contributed by atoms with Crippen molar-refractivity contribution in [1.29, 1.82) is 0 Å². The number of hydrogen-bond acceptors (Lipinski definition) is 3. The molecule has 0 aromatic heterocycles. The van der Waals surface area contributed by atoms with Crippen LogP contribution in [-0.4, -0.2) is 16.0 Å². The monoisotopic (exact) mass is 323 g/mol. The highest BCUT2D eigenvalue weighted by Gasteiger charge is 2.17. The van der Waals surface area contributed by atoms with Gasteiger partial charge in [0.25, 0.3) is 5.24 Å². The second kappa shape index (κ2) is 7.59. The molecule has 0 unspecified atom stereocenters. The summed E-state index contributed by atoms with van der Waals surface area (Å²) < 4.78 is 0.188. The van der Waals surface area contributed by atoms with Crippen molar-refractivity contribution in [1.82, 2.24) is 5.32 Å². The first-order valence-corrected chi connectivity index (χ1v) is 9.33. The van der Waals surface area contributed by atoms with E-state index in [2.05, 4.69) is 38.2 Å². The van der Waals surface area contributed by atoms with Gasteiger partial charge in [0, 0.05) is 20.6 Å². The van der Waals surface area contributed by atoms with Gasteiger partial charge in [0.15, 0.2) is 0 Å². The van der Waals surface area contributed by atoms with Crippen molar-refractivity contribution < 1.29 is 4.79 Å². The molecule has 0 spiro atoms. The highest BCUT2D eigenvalue weighted by atomic mass is 32.2. The third-order valence-corrected chi connectivity index (χ3v) is 5.26. The number of nitrogens with one attached hydrogen (secondary N) is 1. The van der Waals surface area contributed by atoms with Crippen LogP contribution in [0.3, 0.4) is 0 Å². The zero-order valence-electron chi connectivity index (χ0n) is 13.1. The molecule has 0 radical (unpaired) electrons. The van der Waals surface area contributed by atoms with Crippen LogP contribution in [0.15, 0.2) is 34.1 Å². The molecule has 1 saturated carbocycles. The van der Waals surface area contributed by atoms with E-state index in [1.165, 1.54) is 35.9 Å². The van der Waals surface area contributed by atoms with E-state index in [0.29, 0.717) is 6.04 Å². The Morgan fingerprint density at radius 3 is 2.48 bits per heavy atom. The molecule has 0 aliphatic heterocycles. The molecule has 1 N–H and O–H groups in total. The number of benzene rings is 1. The molecule has 116 valence electrons. The molecule has 1 amide bonds. The summed E-state index contributed by atoms with van der Waals surface area (Å²) in [5.74, 6) is 0. The Hall–Kier alpha value is -0.610. The number of amides is 1. The van der Waals surface area contributed by atoms with Crippen molar-refractivity contribution in [2.24, 2.45) is 0 Å². The molecule has 1 fully saturated rings. The van der Waals surface area contributed by atoms with E-state index in [1.807, 2.05) is 23.9 Å². The van der Waals surface area contributed by atoms with E-state index < -0.39 is 0 Å². The van der Waals surface area contributed by atoms with Gasteiger partial charge in [-0.1, -0.05) is 46.1 Å². The van der Waals surface area contributed by atoms with Crippen LogP contribution >= 0.6 is 23.5 Å². The molecule has 1 aliphatic rings. The van der Waals surface area contributed by atoms with Crippen LogP contribution < -0.4 is 5.32 Å². The molecule has 0 heterocycles. The molecule has 1 aliphatic carbocycles. The standard InChI is InChI=1S/C17H25NOS2/c1-17(2,3)21-15-11-7-10-14(12-15)20-16(19)18-13-8-5-4-6-9-13/h7,10-13H,4-6,8-9H2,1-3H3,(H,18,19). The van der Waals surface area contributed by atoms with E-state index in [1.54, 1.807) is 0 Å². The fourth-order valence-electron chi connectivity index (χ4n) is 2.50. The molecular weight excluding hydrogens is 298 g/mol. The van der Waals surface area contributed by atoms with Crippen LogP contribution in [0.25, 0.3) is 0 Å². The normalized spacial score (nSPS) is 16.7. The smallest absolute Gasteiger partial charge is 0.284 e. The van der Waals surface area contributed by atoms with Gasteiger partial charge in [-0.3, -0.25) is 4.79 Å². The minimum Gasteiger partial charge on any atom is -0.344 e. The fraction of sp³-hybridized carbons (Fsp3) is 0.588. The zero-order chi connectivity index (χ0) is 15.3. The Labute approximate surface area is 136 Å². The average molecular weight is 324 g/mol. The average Bonchev–Trinajstić information content (AvgIpc) is 2.38. The SMILES string of the molecule is CC(C)(C)Sc1cccc(SC(=O)NC2CCCCC2)c1. The summed E-state index contributed by atoms with van der Waals surface area (Å²) in [5, 5.41) is 3.24. The van der Waals surface area contributed by atoms with Crippen molar-refractivity contribution in [3.8, 4) is 0 Å². The van der Waals surface area contributed by atoms with Crippen LogP contribution in [0.1, 0.15) is 52.9 Å². The van der Waals surface area contributed by atoms with Crippen molar-refractivity contribution in [3.05, 3.63) is 24.3 Å². The molecule has 2 nitrogen and oxygen atoms in total. The van der Waals surface area contributed by atoms with Gasteiger partial charge in [0.1, 0.15) is 0 Å². The Morgan fingerprint density at radius 2 is 1.81 bits per heavy atom. The number of carbonyl (C=O) groups is 1. The summed E-state index contributed by atoms with van der Waals surface area (Å²) in [6, 6.07) is 8.65. The van der Waals surface area contributed by atoms with Crippen molar-refractivity contribution in [3.63, 3.8) is 0 Å². The van der Waals surface area contributed by atoms with Gasteiger partial charge < -0.3 is 5.32 Å². The van der Waals surface area contributed by atoms with Gasteiger partial charge in [-0.15, -0.1) is 11.8 Å². The Bertz CT molecular complexity index is 476. The highest BCUT2D eigenvalue weighted by Crippen LogP contribution is 2.34. The number of thioether (sulfide) groups is 2. The Morgan fingerprint density at radius 1 is 1.14 bits per heavy atom. The lowest BCUT2D eigenvalue weighted by Crippen LogP contribution is -2.33. The summed E-state index contributed by atoms with van der Waals surface area (Å²) >= 11 is 3.15. The highest BCUT2D eigenvalue weighted by molar-refractivity contribution is 8.13. The number of rotatable bonds is 3. The number of hydrogen-bond donors (Lipinski definition) is 1. The summed E-state index contributed by atoms with van der Waals surface area (Å²) in [6.45, 7) is 6.60. The van der Waals surface area contributed by atoms with Crippen LogP contribution in [0.4, 0.5) is 4.79 Å². The number of carbonyl (C=O) groups excluding carboxylic acids is 1. The molecule has 21 heavy (non-hydrogen) atoms. The summed E-state index contributed by atoms with van der Waals surface area (Å²) in [5.41, 5.74) is 0. The van der Waals surface area contributed by atoms with Crippen molar-refractivity contribution in [2.45, 2.75) is 73.5 Å². The molecule has 0 bridgehead atoms. The first kappa shape index (κ1) is 16.8.